The van der Waals surface area contributed by atoms with Crippen molar-refractivity contribution in [2.45, 2.75) is 87.8 Å². The zero-order valence-electron chi connectivity index (χ0n) is 24.1. The highest BCUT2D eigenvalue weighted by Crippen LogP contribution is 2.53. The molecule has 1 amide bonds. The van der Waals surface area contributed by atoms with Crippen molar-refractivity contribution >= 4 is 5.91 Å². The van der Waals surface area contributed by atoms with Crippen molar-refractivity contribution in [1.29, 1.82) is 0 Å². The average Bonchev–Trinajstić information content (AvgIpc) is 3.44. The van der Waals surface area contributed by atoms with Gasteiger partial charge in [0.15, 0.2) is 0 Å². The molecule has 3 aliphatic carbocycles. The van der Waals surface area contributed by atoms with Crippen molar-refractivity contribution in [3.05, 3.63) is 0 Å². The summed E-state index contributed by atoms with van der Waals surface area (Å²) in [5.74, 6) is -2.05. The Morgan fingerprint density at radius 1 is 1.05 bits per heavy atom. The Hall–Kier alpha value is -0.980. The minimum atomic E-state index is -4.27. The van der Waals surface area contributed by atoms with Crippen LogP contribution in [0.15, 0.2) is 0 Å². The summed E-state index contributed by atoms with van der Waals surface area (Å²) in [5, 5.41) is 0. The van der Waals surface area contributed by atoms with Crippen LogP contribution >= 0.6 is 0 Å². The Morgan fingerprint density at radius 3 is 2.50 bits per heavy atom. The van der Waals surface area contributed by atoms with E-state index in [1.807, 2.05) is 4.90 Å². The summed E-state index contributed by atoms with van der Waals surface area (Å²) in [7, 11) is 4.25. The van der Waals surface area contributed by atoms with Gasteiger partial charge in [-0.15, -0.1) is 0 Å². The lowest BCUT2D eigenvalue weighted by molar-refractivity contribution is -0.205. The van der Waals surface area contributed by atoms with E-state index in [0.29, 0.717) is 12.3 Å². The number of likely N-dealkylation sites (N-methyl/N-ethyl adjacent to an activating group) is 1. The summed E-state index contributed by atoms with van der Waals surface area (Å²) >= 11 is 0. The van der Waals surface area contributed by atoms with Crippen LogP contribution in [0.3, 0.4) is 0 Å². The van der Waals surface area contributed by atoms with Crippen LogP contribution in [-0.2, 0) is 9.53 Å². The van der Waals surface area contributed by atoms with E-state index in [1.165, 1.54) is 0 Å². The second kappa shape index (κ2) is 10.0. The number of halogens is 3. The molecule has 7 aliphatic rings. The summed E-state index contributed by atoms with van der Waals surface area (Å²) in [6, 6.07) is -0.102. The number of fused-ring (bicyclic) bond motifs is 1. The van der Waals surface area contributed by atoms with Gasteiger partial charge in [0.1, 0.15) is 0 Å². The number of hydrazine groups is 1. The molecule has 0 aromatic heterocycles. The van der Waals surface area contributed by atoms with Gasteiger partial charge in [-0.05, 0) is 77.3 Å². The van der Waals surface area contributed by atoms with Crippen LogP contribution in [0.4, 0.5) is 13.2 Å². The van der Waals surface area contributed by atoms with E-state index in [0.717, 1.165) is 84.5 Å². The molecule has 4 saturated heterocycles. The number of carbonyl (C=O) groups excluding carboxylic acids is 1. The first-order valence-electron chi connectivity index (χ1n) is 15.7. The van der Waals surface area contributed by atoms with Gasteiger partial charge in [-0.25, -0.2) is 10.9 Å². The normalized spacial score (nSPS) is 42.3. The summed E-state index contributed by atoms with van der Waals surface area (Å²) in [6.07, 6.45) is 3.89. The zero-order chi connectivity index (χ0) is 27.9. The van der Waals surface area contributed by atoms with Gasteiger partial charge < -0.3 is 9.64 Å². The van der Waals surface area contributed by atoms with Gasteiger partial charge in [0, 0.05) is 55.1 Å². The lowest BCUT2D eigenvalue weighted by Crippen LogP contribution is -2.58. The van der Waals surface area contributed by atoms with Crippen LogP contribution in [0.25, 0.3) is 0 Å². The Morgan fingerprint density at radius 2 is 1.85 bits per heavy atom. The Kier molecular flexibility index (Phi) is 6.99. The van der Waals surface area contributed by atoms with Gasteiger partial charge in [-0.2, -0.15) is 13.2 Å². The number of piperazine rings is 1. The predicted octanol–water partition coefficient (Wildman–Crippen LogP) is 2.47. The van der Waals surface area contributed by atoms with E-state index < -0.39 is 23.9 Å². The highest BCUT2D eigenvalue weighted by molar-refractivity contribution is 5.82. The molecule has 4 aliphatic heterocycles. The van der Waals surface area contributed by atoms with E-state index in [9.17, 15) is 18.0 Å². The van der Waals surface area contributed by atoms with Crippen LogP contribution in [0.2, 0.25) is 0 Å². The molecule has 3 saturated carbocycles. The first-order chi connectivity index (χ1) is 19.1. The van der Waals surface area contributed by atoms with Crippen LogP contribution in [0.5, 0.6) is 0 Å². The molecule has 7 rings (SSSR count). The maximum Gasteiger partial charge on any atom is 0.392 e. The minimum absolute atomic E-state index is 0.00478. The second-order valence-electron chi connectivity index (χ2n) is 14.5. The van der Waals surface area contributed by atoms with Crippen LogP contribution in [0, 0.1) is 29.1 Å². The fourth-order valence-corrected chi connectivity index (χ4v) is 9.46. The number of rotatable bonds is 5. The number of nitrogens with zero attached hydrogens (tertiary/aromatic N) is 4. The van der Waals surface area contributed by atoms with Crippen molar-refractivity contribution in [3.63, 3.8) is 0 Å². The molecule has 226 valence electrons. The molecule has 4 heterocycles. The van der Waals surface area contributed by atoms with E-state index in [4.69, 9.17) is 4.74 Å². The maximum absolute atomic E-state index is 14.6. The second-order valence-corrected chi connectivity index (χ2v) is 14.5. The summed E-state index contributed by atoms with van der Waals surface area (Å²) in [5.41, 5.74) is 6.84. The third-order valence-electron chi connectivity index (χ3n) is 12.3. The van der Waals surface area contributed by atoms with Crippen molar-refractivity contribution in [1.82, 2.24) is 30.5 Å². The van der Waals surface area contributed by atoms with Gasteiger partial charge in [0.2, 0.25) is 5.91 Å². The molecule has 7 unspecified atom stereocenters. The number of ether oxygens (including phenoxy) is 1. The molecule has 0 bridgehead atoms. The molecule has 7 atom stereocenters. The van der Waals surface area contributed by atoms with Gasteiger partial charge in [-0.1, -0.05) is 6.42 Å². The number of carbonyl (C=O) groups is 1. The lowest BCUT2D eigenvalue weighted by Gasteiger charge is -2.52. The van der Waals surface area contributed by atoms with Crippen molar-refractivity contribution in [3.8, 4) is 0 Å². The summed E-state index contributed by atoms with van der Waals surface area (Å²) < 4.78 is 49.4. The Labute approximate surface area is 236 Å². The monoisotopic (exact) mass is 568 g/mol. The van der Waals surface area contributed by atoms with E-state index in [1.54, 1.807) is 0 Å². The number of amides is 1. The number of alkyl halides is 3. The van der Waals surface area contributed by atoms with Gasteiger partial charge >= 0.3 is 6.18 Å². The third kappa shape index (κ3) is 4.71. The molecule has 1 spiro atoms. The van der Waals surface area contributed by atoms with Gasteiger partial charge in [0.05, 0.1) is 32.0 Å². The smallest absolute Gasteiger partial charge is 0.380 e. The van der Waals surface area contributed by atoms with Gasteiger partial charge in [-0.3, -0.25) is 19.5 Å². The molecule has 0 radical (unpaired) electrons. The Balaban J connectivity index is 1.06. The first kappa shape index (κ1) is 27.8. The number of hydrogen-bond donors (Lipinski definition) is 2. The van der Waals surface area contributed by atoms with Gasteiger partial charge in [0.25, 0.3) is 0 Å². The first-order valence-corrected chi connectivity index (χ1v) is 15.7. The molecule has 8 nitrogen and oxygen atoms in total. The summed E-state index contributed by atoms with van der Waals surface area (Å²) in [4.78, 5) is 22.9. The fourth-order valence-electron chi connectivity index (χ4n) is 9.46. The maximum atomic E-state index is 14.6. The molecule has 2 N–H and O–H groups in total. The number of likely N-dealkylation sites (tertiary alicyclic amines) is 1. The predicted molar refractivity (Wildman–Crippen MR) is 144 cm³/mol. The third-order valence-corrected chi connectivity index (χ3v) is 12.3. The molecule has 7 fully saturated rings. The van der Waals surface area contributed by atoms with Crippen LogP contribution in [-0.4, -0.2) is 116 Å². The molecular formula is C29H47F3N6O2. The number of hydrogen-bond acceptors (Lipinski definition) is 7. The molecule has 0 aromatic rings. The molecular weight excluding hydrogens is 521 g/mol. The van der Waals surface area contributed by atoms with Crippen molar-refractivity contribution < 1.29 is 22.7 Å². The number of nitrogens with one attached hydrogen (secondary N) is 2. The lowest BCUT2D eigenvalue weighted by atomic mass is 9.64. The fraction of sp³-hybridized carbons (Fsp3) is 0.966. The molecule has 40 heavy (non-hydrogen) atoms. The van der Waals surface area contributed by atoms with Crippen LogP contribution < -0.4 is 10.9 Å². The zero-order valence-corrected chi connectivity index (χ0v) is 24.1. The molecule has 11 heteroatoms. The highest BCUT2D eigenvalue weighted by atomic mass is 19.4. The topological polar surface area (TPSA) is 63.3 Å². The van der Waals surface area contributed by atoms with E-state index >= 15 is 0 Å². The summed E-state index contributed by atoms with van der Waals surface area (Å²) in [6.45, 7) is 5.11. The van der Waals surface area contributed by atoms with Crippen molar-refractivity contribution in [2.24, 2.45) is 29.1 Å². The van der Waals surface area contributed by atoms with Crippen molar-refractivity contribution in [2.75, 3.05) is 60.2 Å². The van der Waals surface area contributed by atoms with E-state index in [2.05, 4.69) is 39.6 Å². The quantitative estimate of drug-likeness (QED) is 0.529. The average molecular weight is 569 g/mol. The van der Waals surface area contributed by atoms with E-state index in [-0.39, 0.29) is 48.1 Å². The Bertz CT molecular complexity index is 974. The molecule has 0 aromatic carbocycles. The minimum Gasteiger partial charge on any atom is -0.380 e. The highest BCUT2D eigenvalue weighted by Gasteiger charge is 2.60. The largest absolute Gasteiger partial charge is 0.392 e. The van der Waals surface area contributed by atoms with Crippen LogP contribution in [0.1, 0.15) is 57.8 Å². The SMILES string of the molecule is CN1CNNC1CC1(C2CCCC(N3CC4C(CC(N5CCN(C)C6(CC6)C5)CC4C(F)(F)F)C3=O)C2)COC1. The standard InChI is InChI=1S/C29H47F3N6O2/c1-35-18-33-34-25(35)13-27(16-40-17-27)19-4-3-5-20(10-19)38-14-23-22(26(38)39)11-21(12-24(23)29(30,31)32)37-9-8-36(2)28(15-37)6-7-28/h19-25,33-34H,3-18H2,1-2H3.